The van der Waals surface area contributed by atoms with E-state index >= 15 is 0 Å². The van der Waals surface area contributed by atoms with Crippen molar-refractivity contribution in [3.05, 3.63) is 41.8 Å². The van der Waals surface area contributed by atoms with Gasteiger partial charge in [-0.25, -0.2) is 9.97 Å². The van der Waals surface area contributed by atoms with Crippen LogP contribution in [-0.2, 0) is 0 Å². The smallest absolute Gasteiger partial charge is 0.187 e. The lowest BCUT2D eigenvalue weighted by atomic mass is 9.86. The van der Waals surface area contributed by atoms with Crippen LogP contribution in [0.25, 0.3) is 0 Å². The highest BCUT2D eigenvalue weighted by Crippen LogP contribution is 2.31. The molecule has 3 rings (SSSR count). The Labute approximate surface area is 140 Å². The molecule has 0 bridgehead atoms. The highest BCUT2D eigenvalue weighted by atomic mass is 35.5. The van der Waals surface area contributed by atoms with Crippen molar-refractivity contribution in [1.82, 2.24) is 9.97 Å². The highest BCUT2D eigenvalue weighted by molar-refractivity contribution is 6.30. The molecule has 1 aliphatic rings. The lowest BCUT2D eigenvalue weighted by molar-refractivity contribution is 0.184. The molecule has 0 aliphatic heterocycles. The van der Waals surface area contributed by atoms with Gasteiger partial charge in [0.15, 0.2) is 11.6 Å². The van der Waals surface area contributed by atoms with Gasteiger partial charge in [-0.2, -0.15) is 0 Å². The number of nitrogens with one attached hydrogen (secondary N) is 1. The van der Waals surface area contributed by atoms with Crippen molar-refractivity contribution in [3.8, 4) is 11.5 Å². The minimum absolute atomic E-state index is 0.246. The van der Waals surface area contributed by atoms with Gasteiger partial charge < -0.3 is 15.2 Å². The van der Waals surface area contributed by atoms with E-state index in [1.165, 1.54) is 6.33 Å². The summed E-state index contributed by atoms with van der Waals surface area (Å²) in [6.07, 6.45) is 7.37. The van der Waals surface area contributed by atoms with Crippen molar-refractivity contribution in [2.24, 2.45) is 5.92 Å². The summed E-state index contributed by atoms with van der Waals surface area (Å²) in [4.78, 5) is 8.34. The van der Waals surface area contributed by atoms with E-state index in [2.05, 4.69) is 15.3 Å². The maximum atomic E-state index is 9.36. The van der Waals surface area contributed by atoms with Gasteiger partial charge in [-0.15, -0.1) is 0 Å². The predicted molar refractivity (Wildman–Crippen MR) is 90.0 cm³/mol. The van der Waals surface area contributed by atoms with E-state index in [0.717, 1.165) is 25.7 Å². The van der Waals surface area contributed by atoms with Crippen molar-refractivity contribution in [1.29, 1.82) is 0 Å². The van der Waals surface area contributed by atoms with Crippen molar-refractivity contribution in [2.45, 2.75) is 31.7 Å². The van der Waals surface area contributed by atoms with E-state index in [1.54, 1.807) is 18.3 Å². The molecule has 23 heavy (non-hydrogen) atoms. The molecule has 0 amide bonds. The third-order valence-corrected chi connectivity index (χ3v) is 4.35. The number of halogens is 1. The van der Waals surface area contributed by atoms with E-state index in [4.69, 9.17) is 16.3 Å². The molecule has 1 aromatic heterocycles. The van der Waals surface area contributed by atoms with Crippen molar-refractivity contribution >= 4 is 17.4 Å². The second kappa shape index (κ2) is 7.62. The average molecular weight is 334 g/mol. The third-order valence-electron chi connectivity index (χ3n) is 4.10. The Kier molecular flexibility index (Phi) is 5.31. The van der Waals surface area contributed by atoms with Gasteiger partial charge in [0, 0.05) is 17.7 Å². The first kappa shape index (κ1) is 16.0. The lowest BCUT2D eigenvalue weighted by Gasteiger charge is -2.29. The van der Waals surface area contributed by atoms with Gasteiger partial charge >= 0.3 is 0 Å². The molecular formula is C17H20ClN3O2. The quantitative estimate of drug-likeness (QED) is 0.869. The van der Waals surface area contributed by atoms with Crippen LogP contribution in [-0.4, -0.2) is 27.7 Å². The number of hydrogen-bond donors (Lipinski definition) is 2. The van der Waals surface area contributed by atoms with E-state index in [0.29, 0.717) is 34.3 Å². The van der Waals surface area contributed by atoms with E-state index in [-0.39, 0.29) is 6.61 Å². The summed E-state index contributed by atoms with van der Waals surface area (Å²) in [6.45, 7) is 0.246. The number of aliphatic hydroxyl groups excluding tert-OH is 1. The Morgan fingerprint density at radius 3 is 2.87 bits per heavy atom. The molecule has 1 heterocycles. The SMILES string of the molecule is OCC1CCCC(Nc2ncncc2Oc2ccc(Cl)cc2)C1. The number of benzene rings is 1. The summed E-state index contributed by atoms with van der Waals surface area (Å²) in [5.74, 6) is 2.31. The van der Waals surface area contributed by atoms with Gasteiger partial charge in [0.25, 0.3) is 0 Å². The Morgan fingerprint density at radius 1 is 1.26 bits per heavy atom. The minimum Gasteiger partial charge on any atom is -0.452 e. The molecule has 2 N–H and O–H groups in total. The second-order valence-electron chi connectivity index (χ2n) is 5.85. The molecular weight excluding hydrogens is 314 g/mol. The zero-order valence-electron chi connectivity index (χ0n) is 12.8. The first-order valence-electron chi connectivity index (χ1n) is 7.85. The van der Waals surface area contributed by atoms with Gasteiger partial charge in [0.2, 0.25) is 0 Å². The second-order valence-corrected chi connectivity index (χ2v) is 6.28. The standard InChI is InChI=1S/C17H20ClN3O2/c18-13-4-6-15(7-5-13)23-16-9-19-11-20-17(16)21-14-3-1-2-12(8-14)10-22/h4-7,9,11-12,14,22H,1-3,8,10H2,(H,19,20,21). The first-order chi connectivity index (χ1) is 11.2. The van der Waals surface area contributed by atoms with Crippen LogP contribution in [0.5, 0.6) is 11.5 Å². The molecule has 2 aromatic rings. The highest BCUT2D eigenvalue weighted by Gasteiger charge is 2.22. The van der Waals surface area contributed by atoms with Gasteiger partial charge in [-0.1, -0.05) is 18.0 Å². The number of rotatable bonds is 5. The minimum atomic E-state index is 0.246. The van der Waals surface area contributed by atoms with Crippen molar-refractivity contribution < 1.29 is 9.84 Å². The first-order valence-corrected chi connectivity index (χ1v) is 8.23. The Balaban J connectivity index is 1.71. The normalized spacial score (nSPS) is 21.0. The topological polar surface area (TPSA) is 67.3 Å². The van der Waals surface area contributed by atoms with Crippen molar-refractivity contribution in [2.75, 3.05) is 11.9 Å². The molecule has 1 aliphatic carbocycles. The van der Waals surface area contributed by atoms with Crippen LogP contribution < -0.4 is 10.1 Å². The predicted octanol–water partition coefficient (Wildman–Crippen LogP) is 3.89. The molecule has 5 nitrogen and oxygen atoms in total. The van der Waals surface area contributed by atoms with Crippen LogP contribution in [0.3, 0.4) is 0 Å². The fourth-order valence-electron chi connectivity index (χ4n) is 2.91. The zero-order valence-corrected chi connectivity index (χ0v) is 13.5. The Morgan fingerprint density at radius 2 is 2.09 bits per heavy atom. The maximum Gasteiger partial charge on any atom is 0.187 e. The fourth-order valence-corrected chi connectivity index (χ4v) is 3.04. The summed E-state index contributed by atoms with van der Waals surface area (Å²) in [5.41, 5.74) is 0. The molecule has 0 saturated heterocycles. The van der Waals surface area contributed by atoms with Crippen LogP contribution in [0.2, 0.25) is 5.02 Å². The Hall–Kier alpha value is -1.85. The lowest BCUT2D eigenvalue weighted by Crippen LogP contribution is -2.29. The van der Waals surface area contributed by atoms with Crippen LogP contribution >= 0.6 is 11.6 Å². The molecule has 6 heteroatoms. The van der Waals surface area contributed by atoms with Crippen LogP contribution in [0.4, 0.5) is 5.82 Å². The zero-order chi connectivity index (χ0) is 16.1. The summed E-state index contributed by atoms with van der Waals surface area (Å²) in [7, 11) is 0. The Bertz CT molecular complexity index is 636. The molecule has 1 saturated carbocycles. The van der Waals surface area contributed by atoms with Gasteiger partial charge in [-0.05, 0) is 49.4 Å². The molecule has 2 atom stereocenters. The molecule has 1 fully saturated rings. The number of anilines is 1. The van der Waals surface area contributed by atoms with Crippen LogP contribution in [0.1, 0.15) is 25.7 Å². The summed E-state index contributed by atoms with van der Waals surface area (Å²) >= 11 is 5.89. The molecule has 1 aromatic carbocycles. The number of aromatic nitrogens is 2. The molecule has 0 radical (unpaired) electrons. The molecule has 122 valence electrons. The van der Waals surface area contributed by atoms with Crippen LogP contribution in [0, 0.1) is 5.92 Å². The van der Waals surface area contributed by atoms with E-state index in [9.17, 15) is 5.11 Å². The fraction of sp³-hybridized carbons (Fsp3) is 0.412. The van der Waals surface area contributed by atoms with Gasteiger partial charge in [0.1, 0.15) is 12.1 Å². The summed E-state index contributed by atoms with van der Waals surface area (Å²) in [5, 5.41) is 13.5. The van der Waals surface area contributed by atoms with Gasteiger partial charge in [0.05, 0.1) is 6.20 Å². The largest absolute Gasteiger partial charge is 0.452 e. The van der Waals surface area contributed by atoms with Gasteiger partial charge in [-0.3, -0.25) is 0 Å². The number of aliphatic hydroxyl groups is 1. The van der Waals surface area contributed by atoms with E-state index < -0.39 is 0 Å². The molecule has 0 spiro atoms. The monoisotopic (exact) mass is 333 g/mol. The number of ether oxygens (including phenoxy) is 1. The van der Waals surface area contributed by atoms with E-state index in [1.807, 2.05) is 12.1 Å². The summed E-state index contributed by atoms with van der Waals surface area (Å²) in [6, 6.07) is 7.47. The van der Waals surface area contributed by atoms with Crippen molar-refractivity contribution in [3.63, 3.8) is 0 Å². The van der Waals surface area contributed by atoms with Crippen LogP contribution in [0.15, 0.2) is 36.8 Å². The summed E-state index contributed by atoms with van der Waals surface area (Å²) < 4.78 is 5.86. The maximum absolute atomic E-state index is 9.36. The number of hydrogen-bond acceptors (Lipinski definition) is 5. The number of nitrogens with zero attached hydrogens (tertiary/aromatic N) is 2. The average Bonchev–Trinajstić information content (AvgIpc) is 2.59. The molecule has 2 unspecified atom stereocenters. The third kappa shape index (κ3) is 4.33.